The molecular formula is C22H28N7O2P. The van der Waals surface area contributed by atoms with Crippen LogP contribution in [0.3, 0.4) is 0 Å². The molecule has 5 rings (SSSR count). The molecule has 1 atom stereocenters. The lowest BCUT2D eigenvalue weighted by Gasteiger charge is -2.40. The van der Waals surface area contributed by atoms with E-state index in [2.05, 4.69) is 39.4 Å². The fourth-order valence-corrected chi connectivity index (χ4v) is 4.51. The van der Waals surface area contributed by atoms with Crippen molar-refractivity contribution >= 4 is 37.5 Å². The topological polar surface area (TPSA) is 101 Å². The second-order valence-corrected chi connectivity index (χ2v) is 8.83. The molecule has 2 fully saturated rings. The van der Waals surface area contributed by atoms with Gasteiger partial charge in [0.05, 0.1) is 24.5 Å². The number of methoxy groups -OCH3 is 1. The monoisotopic (exact) mass is 453 g/mol. The molecule has 32 heavy (non-hydrogen) atoms. The lowest BCUT2D eigenvalue weighted by atomic mass is 9.83. The van der Waals surface area contributed by atoms with Gasteiger partial charge < -0.3 is 24.7 Å². The van der Waals surface area contributed by atoms with Gasteiger partial charge in [-0.3, -0.25) is 4.99 Å². The van der Waals surface area contributed by atoms with Crippen LogP contribution >= 0.6 is 9.24 Å². The maximum absolute atomic E-state index is 6.19. The molecule has 0 amide bonds. The molecule has 2 aromatic heterocycles. The SMILES string of the molecule is COCCNc1nccc(N2CC(N=C(P)C3CC(Oc4cccc5[nH]cnc45)C3)C2)n1. The van der Waals surface area contributed by atoms with Gasteiger partial charge in [-0.25, -0.2) is 9.97 Å². The number of benzene rings is 1. The molecule has 1 aliphatic heterocycles. The van der Waals surface area contributed by atoms with E-state index in [9.17, 15) is 0 Å². The summed E-state index contributed by atoms with van der Waals surface area (Å²) < 4.78 is 11.2. The lowest BCUT2D eigenvalue weighted by molar-refractivity contribution is 0.0964. The van der Waals surface area contributed by atoms with Crippen LogP contribution in [0.5, 0.6) is 5.75 Å². The highest BCUT2D eigenvalue weighted by molar-refractivity contribution is 7.40. The summed E-state index contributed by atoms with van der Waals surface area (Å²) in [6.07, 6.45) is 5.68. The average Bonchev–Trinajstić information content (AvgIpc) is 3.22. The Morgan fingerprint density at radius 1 is 1.28 bits per heavy atom. The highest BCUT2D eigenvalue weighted by atomic mass is 31.0. The minimum absolute atomic E-state index is 0.219. The molecule has 1 aliphatic carbocycles. The Kier molecular flexibility index (Phi) is 6.19. The third kappa shape index (κ3) is 4.54. The summed E-state index contributed by atoms with van der Waals surface area (Å²) in [4.78, 5) is 23.5. The minimum Gasteiger partial charge on any atom is -0.488 e. The van der Waals surface area contributed by atoms with Gasteiger partial charge in [0.25, 0.3) is 0 Å². The number of nitrogens with zero attached hydrogens (tertiary/aromatic N) is 5. The van der Waals surface area contributed by atoms with E-state index in [0.29, 0.717) is 31.1 Å². The number of rotatable bonds is 9. The Morgan fingerprint density at radius 2 is 2.16 bits per heavy atom. The van der Waals surface area contributed by atoms with Gasteiger partial charge in [-0.1, -0.05) is 15.3 Å². The predicted octanol–water partition coefficient (Wildman–Crippen LogP) is 2.73. The van der Waals surface area contributed by atoms with Crippen LogP contribution in [0.15, 0.2) is 41.8 Å². The van der Waals surface area contributed by atoms with Crippen molar-refractivity contribution in [3.05, 3.63) is 36.8 Å². The van der Waals surface area contributed by atoms with Gasteiger partial charge >= 0.3 is 0 Å². The van der Waals surface area contributed by atoms with Gasteiger partial charge in [-0.2, -0.15) is 4.98 Å². The summed E-state index contributed by atoms with van der Waals surface area (Å²) in [6, 6.07) is 8.24. The Hall–Kier alpha value is -2.77. The fraction of sp³-hybridized carbons (Fsp3) is 0.455. The number of hydrogen-bond donors (Lipinski definition) is 2. The Bertz CT molecular complexity index is 1090. The van der Waals surface area contributed by atoms with E-state index in [4.69, 9.17) is 14.5 Å². The normalized spacial score (nSPS) is 21.3. The van der Waals surface area contributed by atoms with Gasteiger partial charge in [-0.15, -0.1) is 0 Å². The highest BCUT2D eigenvalue weighted by Gasteiger charge is 2.35. The van der Waals surface area contributed by atoms with Crippen molar-refractivity contribution in [2.45, 2.75) is 25.0 Å². The van der Waals surface area contributed by atoms with E-state index < -0.39 is 0 Å². The van der Waals surface area contributed by atoms with Gasteiger partial charge in [-0.05, 0) is 31.0 Å². The summed E-state index contributed by atoms with van der Waals surface area (Å²) in [5, 5.41) is 3.17. The van der Waals surface area contributed by atoms with Crippen LogP contribution in [-0.2, 0) is 4.74 Å². The van der Waals surface area contributed by atoms with Crippen molar-refractivity contribution in [3.63, 3.8) is 0 Å². The number of aromatic amines is 1. The van der Waals surface area contributed by atoms with E-state index in [1.165, 1.54) is 0 Å². The van der Waals surface area contributed by atoms with E-state index >= 15 is 0 Å². The number of aromatic nitrogens is 4. The molecule has 3 aromatic rings. The zero-order valence-corrected chi connectivity index (χ0v) is 19.2. The van der Waals surface area contributed by atoms with Gasteiger partial charge in [0.1, 0.15) is 23.2 Å². The molecule has 2 N–H and O–H groups in total. The first-order valence-corrected chi connectivity index (χ1v) is 11.5. The molecule has 1 saturated carbocycles. The summed E-state index contributed by atoms with van der Waals surface area (Å²) in [5.74, 6) is 2.88. The van der Waals surface area contributed by atoms with Crippen LogP contribution in [0.2, 0.25) is 0 Å². The Balaban J connectivity index is 1.09. The first kappa shape index (κ1) is 21.1. The van der Waals surface area contributed by atoms with Crippen LogP contribution in [0, 0.1) is 5.92 Å². The van der Waals surface area contributed by atoms with Crippen molar-refractivity contribution in [3.8, 4) is 5.75 Å². The number of para-hydroxylation sites is 1. The maximum atomic E-state index is 6.19. The average molecular weight is 453 g/mol. The summed E-state index contributed by atoms with van der Waals surface area (Å²) in [6.45, 7) is 3.06. The smallest absolute Gasteiger partial charge is 0.224 e. The fourth-order valence-electron chi connectivity index (χ4n) is 4.03. The molecule has 0 spiro atoms. The minimum atomic E-state index is 0.219. The largest absolute Gasteiger partial charge is 0.488 e. The van der Waals surface area contributed by atoms with E-state index in [1.54, 1.807) is 19.6 Å². The zero-order chi connectivity index (χ0) is 21.9. The first-order valence-electron chi connectivity index (χ1n) is 10.9. The number of hydrogen-bond acceptors (Lipinski definition) is 8. The molecule has 0 radical (unpaired) electrons. The molecule has 1 aromatic carbocycles. The van der Waals surface area contributed by atoms with Gasteiger partial charge in [0, 0.05) is 44.3 Å². The molecule has 2 aliphatic rings. The molecule has 0 bridgehead atoms. The van der Waals surface area contributed by atoms with Crippen molar-refractivity contribution in [1.82, 2.24) is 19.9 Å². The molecule has 168 valence electrons. The maximum Gasteiger partial charge on any atom is 0.224 e. The number of ether oxygens (including phenoxy) is 2. The van der Waals surface area contributed by atoms with Crippen LogP contribution in [0.25, 0.3) is 11.0 Å². The van der Waals surface area contributed by atoms with Crippen LogP contribution in [0.4, 0.5) is 11.8 Å². The van der Waals surface area contributed by atoms with E-state index in [-0.39, 0.29) is 6.10 Å². The van der Waals surface area contributed by atoms with Crippen molar-refractivity contribution in [2.24, 2.45) is 10.9 Å². The number of nitrogens with one attached hydrogen (secondary N) is 2. The van der Waals surface area contributed by atoms with Crippen LogP contribution in [-0.4, -0.2) is 70.9 Å². The van der Waals surface area contributed by atoms with Gasteiger partial charge in [0.15, 0.2) is 0 Å². The van der Waals surface area contributed by atoms with Crippen LogP contribution < -0.4 is 15.0 Å². The first-order chi connectivity index (χ1) is 15.7. The van der Waals surface area contributed by atoms with Gasteiger partial charge in [0.2, 0.25) is 5.95 Å². The zero-order valence-electron chi connectivity index (χ0n) is 18.1. The second kappa shape index (κ2) is 9.38. The van der Waals surface area contributed by atoms with Crippen molar-refractivity contribution in [1.29, 1.82) is 0 Å². The molecular weight excluding hydrogens is 425 g/mol. The molecule has 9 nitrogen and oxygen atoms in total. The molecule has 3 heterocycles. The third-order valence-corrected chi connectivity index (χ3v) is 6.59. The quantitative estimate of drug-likeness (QED) is 0.292. The highest BCUT2D eigenvalue weighted by Crippen LogP contribution is 2.36. The van der Waals surface area contributed by atoms with Crippen LogP contribution in [0.1, 0.15) is 12.8 Å². The summed E-state index contributed by atoms with van der Waals surface area (Å²) >= 11 is 0. The standard InChI is InChI=1S/C22H28N7O2P/c1-30-8-7-24-22-23-6-5-19(28-22)29-11-15(12-29)27-21(32)14-9-16(10-14)31-18-4-2-3-17-20(18)26-13-25-17/h2-6,13-16H,7-12,32H2,1H3,(H,25,26)(H,23,24,28). The Morgan fingerprint density at radius 3 is 3.00 bits per heavy atom. The number of fused-ring (bicyclic) bond motifs is 1. The van der Waals surface area contributed by atoms with Crippen molar-refractivity contribution in [2.75, 3.05) is 43.6 Å². The number of imidazole rings is 1. The number of aliphatic imine (C=N–C) groups is 1. The Labute approximate surface area is 189 Å². The third-order valence-electron chi connectivity index (χ3n) is 5.97. The lowest BCUT2D eigenvalue weighted by Crippen LogP contribution is -2.51. The predicted molar refractivity (Wildman–Crippen MR) is 129 cm³/mol. The summed E-state index contributed by atoms with van der Waals surface area (Å²) in [7, 11) is 4.52. The van der Waals surface area contributed by atoms with E-state index in [1.807, 2.05) is 24.3 Å². The molecule has 10 heteroatoms. The van der Waals surface area contributed by atoms with Crippen molar-refractivity contribution < 1.29 is 9.47 Å². The van der Waals surface area contributed by atoms with E-state index in [0.717, 1.165) is 54.0 Å². The summed E-state index contributed by atoms with van der Waals surface area (Å²) in [5.41, 5.74) is 3.05. The molecule has 1 unspecified atom stereocenters. The number of anilines is 2. The second-order valence-electron chi connectivity index (χ2n) is 8.23. The molecule has 1 saturated heterocycles. The number of H-pyrrole nitrogens is 1.